The van der Waals surface area contributed by atoms with E-state index in [2.05, 4.69) is 49.5 Å². The predicted octanol–water partition coefficient (Wildman–Crippen LogP) is 8.39. The second-order valence-corrected chi connectivity index (χ2v) is 17.2. The lowest BCUT2D eigenvalue weighted by Crippen LogP contribution is -2.60. The lowest BCUT2D eigenvalue weighted by Gasteiger charge is -2.40. The highest BCUT2D eigenvalue weighted by molar-refractivity contribution is 5.80. The molecule has 1 aliphatic rings. The minimum absolute atomic E-state index is 0.243. The number of amides is 1. The van der Waals surface area contributed by atoms with Crippen molar-refractivity contribution in [1.82, 2.24) is 5.32 Å². The van der Waals surface area contributed by atoms with Crippen LogP contribution >= 0.6 is 0 Å². The van der Waals surface area contributed by atoms with Crippen molar-refractivity contribution >= 4 is 5.91 Å². The van der Waals surface area contributed by atoms with Crippen LogP contribution < -0.4 is 5.32 Å². The fourth-order valence-corrected chi connectivity index (χ4v) is 7.58. The van der Waals surface area contributed by atoms with Gasteiger partial charge in [-0.1, -0.05) is 166 Å². The Labute approximate surface area is 365 Å². The fraction of sp³-hybridized carbons (Fsp3) is 0.857. The molecule has 0 spiro atoms. The molecule has 1 rings (SSSR count). The van der Waals surface area contributed by atoms with Crippen molar-refractivity contribution in [1.29, 1.82) is 0 Å². The van der Waals surface area contributed by atoms with Gasteiger partial charge in [-0.25, -0.2) is 0 Å². The molecule has 1 saturated heterocycles. The van der Waals surface area contributed by atoms with Crippen molar-refractivity contribution in [2.45, 2.75) is 255 Å². The third-order valence-corrected chi connectivity index (χ3v) is 11.6. The molecule has 0 bridgehead atoms. The molecule has 0 aromatic carbocycles. The first-order valence-corrected chi connectivity index (χ1v) is 24.4. The topological polar surface area (TPSA) is 189 Å². The fourth-order valence-electron chi connectivity index (χ4n) is 7.58. The minimum atomic E-state index is -1.67. The van der Waals surface area contributed by atoms with Crippen molar-refractivity contribution < 1.29 is 50.0 Å². The molecule has 1 aliphatic heterocycles. The number of aliphatic hydroxyl groups is 7. The maximum atomic E-state index is 13.1. The number of carbonyl (C=O) groups excluding carboxylic acids is 1. The number of ether oxygens (including phenoxy) is 2. The average Bonchev–Trinajstić information content (AvgIpc) is 3.25. The van der Waals surface area contributed by atoms with E-state index in [4.69, 9.17) is 9.47 Å². The van der Waals surface area contributed by atoms with Gasteiger partial charge in [0.25, 0.3) is 0 Å². The van der Waals surface area contributed by atoms with Crippen LogP contribution in [0.1, 0.15) is 200 Å². The van der Waals surface area contributed by atoms with Crippen molar-refractivity contribution in [2.75, 3.05) is 13.2 Å². The molecule has 11 nitrogen and oxygen atoms in total. The van der Waals surface area contributed by atoms with E-state index >= 15 is 0 Å². The van der Waals surface area contributed by atoms with Crippen LogP contribution in [0.5, 0.6) is 0 Å². The lowest BCUT2D eigenvalue weighted by atomic mass is 9.98. The number of hydrogen-bond acceptors (Lipinski definition) is 10. The van der Waals surface area contributed by atoms with Crippen molar-refractivity contribution in [3.8, 4) is 0 Å². The number of hydrogen-bond donors (Lipinski definition) is 8. The molecule has 0 aromatic heterocycles. The summed E-state index contributed by atoms with van der Waals surface area (Å²) >= 11 is 0. The van der Waals surface area contributed by atoms with Gasteiger partial charge in [-0.2, -0.15) is 0 Å². The molecular weight excluding hydrogens is 763 g/mol. The molecule has 1 amide bonds. The Morgan fingerprint density at radius 2 is 1.03 bits per heavy atom. The van der Waals surface area contributed by atoms with Gasteiger partial charge in [0.1, 0.15) is 36.6 Å². The van der Waals surface area contributed by atoms with Crippen LogP contribution in [0.4, 0.5) is 0 Å². The summed E-state index contributed by atoms with van der Waals surface area (Å²) in [5.74, 6) is -0.716. The average molecular weight is 854 g/mol. The monoisotopic (exact) mass is 854 g/mol. The largest absolute Gasteiger partial charge is 0.394 e. The molecule has 0 saturated carbocycles. The smallest absolute Gasteiger partial charge is 0.249 e. The molecular formula is C49H91NO10. The van der Waals surface area contributed by atoms with E-state index in [9.17, 15) is 40.5 Å². The molecule has 9 atom stereocenters. The highest BCUT2D eigenvalue weighted by atomic mass is 16.7. The zero-order valence-corrected chi connectivity index (χ0v) is 37.9. The molecule has 9 unspecified atom stereocenters. The number of allylic oxidation sites excluding steroid dienone is 6. The van der Waals surface area contributed by atoms with Crippen LogP contribution in [-0.4, -0.2) is 110 Å². The van der Waals surface area contributed by atoms with Gasteiger partial charge in [0, 0.05) is 0 Å². The molecule has 1 heterocycles. The Morgan fingerprint density at radius 1 is 0.567 bits per heavy atom. The Morgan fingerprint density at radius 3 is 1.55 bits per heavy atom. The number of rotatable bonds is 40. The second-order valence-electron chi connectivity index (χ2n) is 17.2. The van der Waals surface area contributed by atoms with E-state index < -0.39 is 74.2 Å². The SMILES string of the molecule is CCC/C=C/CC/C=C/CCCC(O)C(O)C(COC1OC(CO)C(O)C(O)C1O)NC(=O)C(O)CCCCCCCCC/C=C\CCCCCCCCCCCCCC. The first kappa shape index (κ1) is 56.3. The van der Waals surface area contributed by atoms with Gasteiger partial charge in [-0.3, -0.25) is 4.79 Å². The molecule has 0 aliphatic carbocycles. The van der Waals surface area contributed by atoms with Crippen LogP contribution in [0.15, 0.2) is 36.5 Å². The summed E-state index contributed by atoms with van der Waals surface area (Å²) in [5, 5.41) is 75.5. The number of aliphatic hydroxyl groups excluding tert-OH is 7. The number of carbonyl (C=O) groups is 1. The van der Waals surface area contributed by atoms with Crippen molar-refractivity contribution in [2.24, 2.45) is 0 Å². The Bertz CT molecular complexity index is 1070. The van der Waals surface area contributed by atoms with Gasteiger partial charge >= 0.3 is 0 Å². The lowest BCUT2D eigenvalue weighted by molar-refractivity contribution is -0.303. The standard InChI is InChI=1S/C49H91NO10/c1-3-5-7-9-11-13-15-16-17-18-19-20-21-22-23-24-25-26-27-29-31-33-35-37-42(53)48(58)50-40(39-59-49-47(57)46(56)45(55)43(38-51)60-49)44(54)41(52)36-34-32-30-28-14-12-10-8-6-4-2/h8,10,22-23,28,30,40-47,49,51-57H,3-7,9,11-21,24-27,29,31-39H2,1-2H3,(H,50,58)/b10-8+,23-22-,30-28+. The first-order valence-electron chi connectivity index (χ1n) is 24.4. The third-order valence-electron chi connectivity index (χ3n) is 11.6. The Hall–Kier alpha value is -1.67. The summed E-state index contributed by atoms with van der Waals surface area (Å²) in [6.45, 7) is 3.33. The van der Waals surface area contributed by atoms with Gasteiger partial charge in [-0.05, 0) is 70.6 Å². The highest BCUT2D eigenvalue weighted by Crippen LogP contribution is 2.23. The van der Waals surface area contributed by atoms with Crippen LogP contribution in [0.2, 0.25) is 0 Å². The normalized spacial score (nSPS) is 21.9. The van der Waals surface area contributed by atoms with E-state index in [0.717, 1.165) is 51.4 Å². The Balaban J connectivity index is 2.35. The maximum absolute atomic E-state index is 13.1. The van der Waals surface area contributed by atoms with Crippen LogP contribution in [0, 0.1) is 0 Å². The quantitative estimate of drug-likeness (QED) is 0.0220. The van der Waals surface area contributed by atoms with Gasteiger partial charge in [0.15, 0.2) is 6.29 Å². The van der Waals surface area contributed by atoms with Crippen molar-refractivity contribution in [3.63, 3.8) is 0 Å². The molecule has 1 fully saturated rings. The summed E-state index contributed by atoms with van der Waals surface area (Å²) < 4.78 is 11.1. The molecule has 352 valence electrons. The van der Waals surface area contributed by atoms with Gasteiger partial charge in [-0.15, -0.1) is 0 Å². The van der Waals surface area contributed by atoms with Crippen LogP contribution in [0.25, 0.3) is 0 Å². The van der Waals surface area contributed by atoms with E-state index in [0.29, 0.717) is 19.3 Å². The second kappa shape index (κ2) is 39.0. The van der Waals surface area contributed by atoms with E-state index in [-0.39, 0.29) is 12.8 Å². The zero-order valence-electron chi connectivity index (χ0n) is 37.9. The maximum Gasteiger partial charge on any atom is 0.249 e. The van der Waals surface area contributed by atoms with Gasteiger partial charge in [0.05, 0.1) is 25.4 Å². The van der Waals surface area contributed by atoms with E-state index in [1.54, 1.807) is 0 Å². The van der Waals surface area contributed by atoms with E-state index in [1.165, 1.54) is 103 Å². The van der Waals surface area contributed by atoms with Crippen molar-refractivity contribution in [3.05, 3.63) is 36.5 Å². The number of unbranched alkanes of at least 4 members (excludes halogenated alkanes) is 22. The number of nitrogens with one attached hydrogen (secondary N) is 1. The predicted molar refractivity (Wildman–Crippen MR) is 242 cm³/mol. The molecule has 11 heteroatoms. The summed E-state index contributed by atoms with van der Waals surface area (Å²) in [4.78, 5) is 13.1. The summed E-state index contributed by atoms with van der Waals surface area (Å²) in [6, 6.07) is -1.19. The van der Waals surface area contributed by atoms with Crippen LogP contribution in [-0.2, 0) is 14.3 Å². The molecule has 0 aromatic rings. The van der Waals surface area contributed by atoms with E-state index in [1.807, 2.05) is 6.08 Å². The summed E-state index contributed by atoms with van der Waals surface area (Å²) in [7, 11) is 0. The summed E-state index contributed by atoms with van der Waals surface area (Å²) in [5.41, 5.74) is 0. The zero-order chi connectivity index (χ0) is 44.1. The van der Waals surface area contributed by atoms with Crippen LogP contribution in [0.3, 0.4) is 0 Å². The Kier molecular flexibility index (Phi) is 36.6. The van der Waals surface area contributed by atoms with Gasteiger partial charge < -0.3 is 50.5 Å². The van der Waals surface area contributed by atoms with Gasteiger partial charge in [0.2, 0.25) is 5.91 Å². The summed E-state index contributed by atoms with van der Waals surface area (Å²) in [6.07, 6.45) is 33.6. The minimum Gasteiger partial charge on any atom is -0.394 e. The molecule has 60 heavy (non-hydrogen) atoms. The highest BCUT2D eigenvalue weighted by Gasteiger charge is 2.44. The third kappa shape index (κ3) is 28.1. The first-order chi connectivity index (χ1) is 29.2. The molecule has 8 N–H and O–H groups in total. The molecule has 0 radical (unpaired) electrons.